The number of rotatable bonds is 64. The van der Waals surface area contributed by atoms with E-state index in [4.69, 9.17) is 14.2 Å². The van der Waals surface area contributed by atoms with Crippen molar-refractivity contribution in [1.82, 2.24) is 0 Å². The first-order valence-corrected chi connectivity index (χ1v) is 36.0. The highest BCUT2D eigenvalue weighted by Crippen LogP contribution is 2.31. The van der Waals surface area contributed by atoms with Crippen LogP contribution >= 0.6 is 0 Å². The Morgan fingerprint density at radius 1 is 0.341 bits per heavy atom. The summed E-state index contributed by atoms with van der Waals surface area (Å²) in [4.78, 5) is 56.4. The van der Waals surface area contributed by atoms with E-state index in [-0.39, 0.29) is 25.4 Å². The zero-order chi connectivity index (χ0) is 59.5. The molecule has 0 spiro atoms. The van der Waals surface area contributed by atoms with Crippen molar-refractivity contribution in [2.24, 2.45) is 5.92 Å². The fraction of sp³-hybridized carbons (Fsp3) is 0.865. The molecule has 0 aromatic heterocycles. The van der Waals surface area contributed by atoms with Crippen LogP contribution in [0.3, 0.4) is 0 Å². The third-order valence-corrected chi connectivity index (χ3v) is 17.3. The standard InChI is InChI=1S/C74H134O8/c1-5-8-11-14-17-20-23-26-29-32-35-38-41-44-47-50-53-56-63-80-69(75)66-74(79,73(78)82-65-58-55-52-49-46-43-40-37-34-31-28-25-22-19-16-13-10-7-3)70(71(76)68-61-59-67(4)60-62-68)72(77)81-64-57-54-51-48-45-42-39-36-33-30-27-24-21-18-15-12-9-6-2/h59-62,70,79H,5-58,63-66H2,1-4H3. The van der Waals surface area contributed by atoms with Crippen LogP contribution in [-0.2, 0) is 28.6 Å². The van der Waals surface area contributed by atoms with Gasteiger partial charge in [-0.3, -0.25) is 14.4 Å². The maximum Gasteiger partial charge on any atom is 0.340 e. The lowest BCUT2D eigenvalue weighted by atomic mass is 9.79. The number of unbranched alkanes of at least 4 members (excludes halogenated alkanes) is 51. The molecule has 0 fully saturated rings. The Bertz CT molecular complexity index is 1580. The highest BCUT2D eigenvalue weighted by molar-refractivity contribution is 6.13. The summed E-state index contributed by atoms with van der Waals surface area (Å²) >= 11 is 0. The van der Waals surface area contributed by atoms with Crippen LogP contribution < -0.4 is 0 Å². The minimum Gasteiger partial charge on any atom is -0.466 e. The van der Waals surface area contributed by atoms with E-state index >= 15 is 0 Å². The van der Waals surface area contributed by atoms with Crippen molar-refractivity contribution in [3.63, 3.8) is 0 Å². The van der Waals surface area contributed by atoms with Gasteiger partial charge in [-0.05, 0) is 26.2 Å². The van der Waals surface area contributed by atoms with Crippen molar-refractivity contribution in [3.05, 3.63) is 35.4 Å². The molecule has 0 aliphatic rings. The zero-order valence-electron chi connectivity index (χ0n) is 54.7. The lowest BCUT2D eigenvalue weighted by Crippen LogP contribution is -2.55. The molecule has 82 heavy (non-hydrogen) atoms. The summed E-state index contributed by atoms with van der Waals surface area (Å²) in [6.07, 6.45) is 66.2. The Labute approximate surface area is 507 Å². The average molecular weight is 1150 g/mol. The van der Waals surface area contributed by atoms with Gasteiger partial charge in [0, 0.05) is 5.56 Å². The van der Waals surface area contributed by atoms with E-state index in [9.17, 15) is 24.3 Å². The molecule has 0 amide bonds. The first-order valence-electron chi connectivity index (χ1n) is 36.0. The predicted molar refractivity (Wildman–Crippen MR) is 348 cm³/mol. The monoisotopic (exact) mass is 1150 g/mol. The molecule has 0 aliphatic heterocycles. The predicted octanol–water partition coefficient (Wildman–Crippen LogP) is 22.7. The minimum absolute atomic E-state index is 0.00797. The quantitative estimate of drug-likeness (QED) is 0.0225. The number of hydrogen-bond donors (Lipinski definition) is 1. The molecule has 1 aromatic carbocycles. The SMILES string of the molecule is CCCCCCCCCCCCCCCCCCCCOC(=O)CC(O)(C(=O)OCCCCCCCCCCCCCCCCCCCC)C(C(=O)OCCCCCCCCCCCCCCCCCCCC)C(=O)c1ccc(C)cc1. The normalized spacial score (nSPS) is 12.6. The fourth-order valence-corrected chi connectivity index (χ4v) is 11.7. The molecule has 0 radical (unpaired) electrons. The Morgan fingerprint density at radius 3 is 0.841 bits per heavy atom. The minimum atomic E-state index is -2.81. The van der Waals surface area contributed by atoms with Crippen LogP contribution in [0.1, 0.15) is 390 Å². The largest absolute Gasteiger partial charge is 0.466 e. The van der Waals surface area contributed by atoms with Gasteiger partial charge in [-0.25, -0.2) is 4.79 Å². The lowest BCUT2D eigenvalue weighted by Gasteiger charge is -2.31. The maximum absolute atomic E-state index is 14.4. The van der Waals surface area contributed by atoms with E-state index in [1.807, 2.05) is 6.92 Å². The van der Waals surface area contributed by atoms with Crippen LogP contribution in [-0.4, -0.2) is 54.2 Å². The number of benzene rings is 1. The number of aliphatic hydroxyl groups is 1. The number of Topliss-reactive ketones (excluding diaryl/α,β-unsaturated/α-hetero) is 1. The second kappa shape index (κ2) is 58.6. The highest BCUT2D eigenvalue weighted by atomic mass is 16.6. The van der Waals surface area contributed by atoms with Crippen molar-refractivity contribution in [2.45, 2.75) is 386 Å². The Kier molecular flexibility index (Phi) is 55.3. The molecule has 1 aromatic rings. The van der Waals surface area contributed by atoms with Gasteiger partial charge in [0.15, 0.2) is 17.3 Å². The fourth-order valence-electron chi connectivity index (χ4n) is 11.7. The summed E-state index contributed by atoms with van der Waals surface area (Å²) in [6, 6.07) is 6.65. The van der Waals surface area contributed by atoms with Crippen molar-refractivity contribution in [3.8, 4) is 0 Å². The molecule has 8 nitrogen and oxygen atoms in total. The van der Waals surface area contributed by atoms with Crippen LogP contribution in [0, 0.1) is 12.8 Å². The molecule has 0 saturated carbocycles. The van der Waals surface area contributed by atoms with E-state index in [2.05, 4.69) is 20.8 Å². The third kappa shape index (κ3) is 45.6. The number of carbonyl (C=O) groups excluding carboxylic acids is 4. The highest BCUT2D eigenvalue weighted by Gasteiger charge is 2.55. The Hall–Kier alpha value is -2.74. The van der Waals surface area contributed by atoms with E-state index in [0.29, 0.717) is 19.3 Å². The molecule has 1 rings (SSSR count). The molecular weight excluding hydrogens is 1020 g/mol. The molecule has 0 saturated heterocycles. The molecule has 1 N–H and O–H groups in total. The Balaban J connectivity index is 2.70. The van der Waals surface area contributed by atoms with Gasteiger partial charge in [0.05, 0.1) is 26.2 Å². The van der Waals surface area contributed by atoms with Crippen LogP contribution in [0.2, 0.25) is 0 Å². The van der Waals surface area contributed by atoms with Gasteiger partial charge < -0.3 is 19.3 Å². The average Bonchev–Trinajstić information content (AvgIpc) is 3.67. The van der Waals surface area contributed by atoms with E-state index in [1.165, 1.54) is 270 Å². The summed E-state index contributed by atoms with van der Waals surface area (Å²) in [5.41, 5.74) is -1.76. The topological polar surface area (TPSA) is 116 Å². The molecule has 0 heterocycles. The van der Waals surface area contributed by atoms with E-state index in [1.54, 1.807) is 24.3 Å². The van der Waals surface area contributed by atoms with Gasteiger partial charge in [0.2, 0.25) is 0 Å². The molecular formula is C74H134O8. The van der Waals surface area contributed by atoms with Crippen LogP contribution in [0.5, 0.6) is 0 Å². The van der Waals surface area contributed by atoms with E-state index < -0.39 is 41.6 Å². The number of ketones is 1. The molecule has 478 valence electrons. The van der Waals surface area contributed by atoms with Gasteiger partial charge in [-0.15, -0.1) is 0 Å². The summed E-state index contributed by atoms with van der Waals surface area (Å²) in [5, 5.41) is 12.4. The number of aryl methyl sites for hydroxylation is 1. The third-order valence-electron chi connectivity index (χ3n) is 17.3. The number of carbonyl (C=O) groups is 4. The van der Waals surface area contributed by atoms with Crippen molar-refractivity contribution >= 4 is 23.7 Å². The van der Waals surface area contributed by atoms with Crippen molar-refractivity contribution in [1.29, 1.82) is 0 Å². The maximum atomic E-state index is 14.4. The van der Waals surface area contributed by atoms with Gasteiger partial charge in [0.25, 0.3) is 0 Å². The molecule has 0 bridgehead atoms. The van der Waals surface area contributed by atoms with Crippen LogP contribution in [0.15, 0.2) is 24.3 Å². The second-order valence-electron chi connectivity index (χ2n) is 25.3. The van der Waals surface area contributed by atoms with Gasteiger partial charge in [0.1, 0.15) is 0 Å². The number of ether oxygens (including phenoxy) is 3. The van der Waals surface area contributed by atoms with Crippen LogP contribution in [0.25, 0.3) is 0 Å². The molecule has 0 aliphatic carbocycles. The van der Waals surface area contributed by atoms with Gasteiger partial charge in [-0.2, -0.15) is 0 Å². The second-order valence-corrected chi connectivity index (χ2v) is 25.3. The first-order chi connectivity index (χ1) is 40.2. The molecule has 8 heteroatoms. The van der Waals surface area contributed by atoms with Gasteiger partial charge in [-0.1, -0.05) is 378 Å². The van der Waals surface area contributed by atoms with Crippen molar-refractivity contribution < 1.29 is 38.5 Å². The van der Waals surface area contributed by atoms with Crippen molar-refractivity contribution in [2.75, 3.05) is 19.8 Å². The van der Waals surface area contributed by atoms with Gasteiger partial charge >= 0.3 is 17.9 Å². The lowest BCUT2D eigenvalue weighted by molar-refractivity contribution is -0.183. The number of hydrogen-bond acceptors (Lipinski definition) is 8. The number of esters is 3. The smallest absolute Gasteiger partial charge is 0.340 e. The van der Waals surface area contributed by atoms with E-state index in [0.717, 1.165) is 63.4 Å². The summed E-state index contributed by atoms with van der Waals surface area (Å²) < 4.78 is 17.1. The summed E-state index contributed by atoms with van der Waals surface area (Å²) in [5.74, 6) is -5.83. The van der Waals surface area contributed by atoms with Crippen LogP contribution in [0.4, 0.5) is 0 Å². The first kappa shape index (κ1) is 77.3. The zero-order valence-corrected chi connectivity index (χ0v) is 54.7. The summed E-state index contributed by atoms with van der Waals surface area (Å²) in [6.45, 7) is 8.90. The molecule has 2 unspecified atom stereocenters. The summed E-state index contributed by atoms with van der Waals surface area (Å²) in [7, 11) is 0. The molecule has 2 atom stereocenters. The Morgan fingerprint density at radius 2 is 0.573 bits per heavy atom.